The number of carbonyl (C=O) groups is 1. The summed E-state index contributed by atoms with van der Waals surface area (Å²) in [7, 11) is 0. The molecule has 4 heteroatoms. The van der Waals surface area contributed by atoms with E-state index < -0.39 is 0 Å². The molecule has 1 aromatic heterocycles. The fourth-order valence-corrected chi connectivity index (χ4v) is 3.49. The number of carbonyl (C=O) groups excluding carboxylic acids is 1. The van der Waals surface area contributed by atoms with E-state index in [9.17, 15) is 9.59 Å². The summed E-state index contributed by atoms with van der Waals surface area (Å²) in [5.74, 6) is 0.585. The summed E-state index contributed by atoms with van der Waals surface area (Å²) >= 11 is 0. The van der Waals surface area contributed by atoms with Crippen molar-refractivity contribution in [1.82, 2.24) is 9.88 Å². The van der Waals surface area contributed by atoms with Gasteiger partial charge in [0.25, 0.3) is 5.56 Å². The number of aryl methyl sites for hydroxylation is 1. The Bertz CT molecular complexity index is 557. The van der Waals surface area contributed by atoms with E-state index in [1.807, 2.05) is 6.07 Å². The molecule has 122 valence electrons. The van der Waals surface area contributed by atoms with Crippen molar-refractivity contribution in [3.63, 3.8) is 0 Å². The smallest absolute Gasteiger partial charge is 0.250 e. The molecular formula is C18H28N2O2. The van der Waals surface area contributed by atoms with Crippen molar-refractivity contribution in [1.29, 1.82) is 0 Å². The van der Waals surface area contributed by atoms with Gasteiger partial charge in [-0.1, -0.05) is 39.7 Å². The fraction of sp³-hybridized carbons (Fsp3) is 0.667. The maximum absolute atomic E-state index is 12.2. The average Bonchev–Trinajstić information content (AvgIpc) is 2.46. The lowest BCUT2D eigenvalue weighted by atomic mass is 9.69. The molecule has 2 unspecified atom stereocenters. The van der Waals surface area contributed by atoms with Crippen molar-refractivity contribution in [2.24, 2.45) is 11.3 Å². The van der Waals surface area contributed by atoms with E-state index >= 15 is 0 Å². The molecule has 1 N–H and O–H groups in total. The minimum absolute atomic E-state index is 0.0527. The Labute approximate surface area is 132 Å². The molecule has 2 atom stereocenters. The van der Waals surface area contributed by atoms with Crippen molar-refractivity contribution in [2.75, 3.05) is 0 Å². The first-order valence-electron chi connectivity index (χ1n) is 8.33. The van der Waals surface area contributed by atoms with Crippen LogP contribution in [0.1, 0.15) is 52.9 Å². The van der Waals surface area contributed by atoms with Gasteiger partial charge in [0.2, 0.25) is 5.91 Å². The highest BCUT2D eigenvalue weighted by molar-refractivity contribution is 5.76. The van der Waals surface area contributed by atoms with Crippen LogP contribution < -0.4 is 10.9 Å². The maximum Gasteiger partial charge on any atom is 0.250 e. The van der Waals surface area contributed by atoms with Gasteiger partial charge in [-0.25, -0.2) is 0 Å². The van der Waals surface area contributed by atoms with Crippen LogP contribution in [-0.4, -0.2) is 16.5 Å². The monoisotopic (exact) mass is 304 g/mol. The van der Waals surface area contributed by atoms with Crippen molar-refractivity contribution in [3.05, 3.63) is 34.7 Å². The number of rotatable bonds is 4. The van der Waals surface area contributed by atoms with Crippen LogP contribution in [0.5, 0.6) is 0 Å². The van der Waals surface area contributed by atoms with E-state index in [0.717, 1.165) is 6.42 Å². The normalized spacial score (nSPS) is 22.3. The van der Waals surface area contributed by atoms with Crippen LogP contribution in [0.15, 0.2) is 29.2 Å². The van der Waals surface area contributed by atoms with Gasteiger partial charge in [-0.05, 0) is 30.2 Å². The highest BCUT2D eigenvalue weighted by atomic mass is 16.2. The van der Waals surface area contributed by atoms with E-state index in [1.165, 1.54) is 25.3 Å². The summed E-state index contributed by atoms with van der Waals surface area (Å²) in [4.78, 5) is 23.9. The Morgan fingerprint density at radius 1 is 1.27 bits per heavy atom. The molecule has 1 amide bonds. The molecule has 22 heavy (non-hydrogen) atoms. The number of nitrogens with zero attached hydrogens (tertiary/aromatic N) is 1. The SMILES string of the molecule is CC(C)(C)C1CCCCC1NC(=O)CCn1ccccc1=O. The van der Waals surface area contributed by atoms with Gasteiger partial charge >= 0.3 is 0 Å². The largest absolute Gasteiger partial charge is 0.353 e. The molecule has 4 nitrogen and oxygen atoms in total. The lowest BCUT2D eigenvalue weighted by Crippen LogP contribution is -2.46. The van der Waals surface area contributed by atoms with Crippen LogP contribution in [0, 0.1) is 11.3 Å². The Morgan fingerprint density at radius 3 is 2.68 bits per heavy atom. The van der Waals surface area contributed by atoms with Gasteiger partial charge in [0.1, 0.15) is 0 Å². The van der Waals surface area contributed by atoms with Crippen molar-refractivity contribution in [2.45, 2.75) is 65.5 Å². The first kappa shape index (κ1) is 16.8. The molecule has 0 spiro atoms. The van der Waals surface area contributed by atoms with Gasteiger partial charge in [0, 0.05) is 31.3 Å². The summed E-state index contributed by atoms with van der Waals surface area (Å²) in [5, 5.41) is 3.21. The summed E-state index contributed by atoms with van der Waals surface area (Å²) in [6.07, 6.45) is 6.79. The fourth-order valence-electron chi connectivity index (χ4n) is 3.49. The van der Waals surface area contributed by atoms with Crippen LogP contribution in [0.4, 0.5) is 0 Å². The van der Waals surface area contributed by atoms with Crippen molar-refractivity contribution >= 4 is 5.91 Å². The number of hydrogen-bond acceptors (Lipinski definition) is 2. The van der Waals surface area contributed by atoms with Crippen LogP contribution >= 0.6 is 0 Å². The first-order valence-corrected chi connectivity index (χ1v) is 8.33. The molecule has 2 rings (SSSR count). The Balaban J connectivity index is 1.90. The third kappa shape index (κ3) is 4.46. The number of pyridine rings is 1. The quantitative estimate of drug-likeness (QED) is 0.930. The van der Waals surface area contributed by atoms with Gasteiger partial charge in [-0.2, -0.15) is 0 Å². The molecule has 1 aliphatic carbocycles. The van der Waals surface area contributed by atoms with Crippen LogP contribution in [0.2, 0.25) is 0 Å². The van der Waals surface area contributed by atoms with Gasteiger partial charge in [0.15, 0.2) is 0 Å². The molecule has 1 aliphatic rings. The van der Waals surface area contributed by atoms with E-state index in [1.54, 1.807) is 16.8 Å². The predicted molar refractivity (Wildman–Crippen MR) is 88.7 cm³/mol. The standard InChI is InChI=1S/C18H28N2O2/c1-18(2,3)14-8-4-5-9-15(14)19-16(21)11-13-20-12-7-6-10-17(20)22/h6-7,10,12,14-15H,4-5,8-9,11,13H2,1-3H3,(H,19,21). The lowest BCUT2D eigenvalue weighted by molar-refractivity contribution is -0.123. The molecular weight excluding hydrogens is 276 g/mol. The van der Waals surface area contributed by atoms with Crippen LogP contribution in [-0.2, 0) is 11.3 Å². The molecule has 0 aliphatic heterocycles. The van der Waals surface area contributed by atoms with E-state index in [0.29, 0.717) is 18.9 Å². The number of hydrogen-bond donors (Lipinski definition) is 1. The van der Waals surface area contributed by atoms with Crippen molar-refractivity contribution in [3.8, 4) is 0 Å². The average molecular weight is 304 g/mol. The van der Waals surface area contributed by atoms with Gasteiger partial charge < -0.3 is 9.88 Å². The summed E-state index contributed by atoms with van der Waals surface area (Å²) in [5.41, 5.74) is 0.162. The number of amides is 1. The predicted octanol–water partition coefficient (Wildman–Crippen LogP) is 2.96. The highest BCUT2D eigenvalue weighted by Gasteiger charge is 2.34. The zero-order chi connectivity index (χ0) is 16.2. The van der Waals surface area contributed by atoms with E-state index in [2.05, 4.69) is 26.1 Å². The molecule has 1 fully saturated rings. The van der Waals surface area contributed by atoms with Gasteiger partial charge in [-0.15, -0.1) is 0 Å². The molecule has 0 radical (unpaired) electrons. The second-order valence-electron chi connectivity index (χ2n) is 7.41. The topological polar surface area (TPSA) is 51.1 Å². The molecule has 0 saturated heterocycles. The minimum atomic E-state index is -0.0551. The second-order valence-corrected chi connectivity index (χ2v) is 7.41. The molecule has 1 heterocycles. The highest BCUT2D eigenvalue weighted by Crippen LogP contribution is 2.37. The molecule has 1 aromatic rings. The van der Waals surface area contributed by atoms with E-state index in [4.69, 9.17) is 0 Å². The minimum Gasteiger partial charge on any atom is -0.353 e. The van der Waals surface area contributed by atoms with Gasteiger partial charge in [0.05, 0.1) is 0 Å². The molecule has 0 aromatic carbocycles. The third-order valence-corrected chi connectivity index (χ3v) is 4.70. The van der Waals surface area contributed by atoms with E-state index in [-0.39, 0.29) is 22.9 Å². The Morgan fingerprint density at radius 2 is 2.00 bits per heavy atom. The lowest BCUT2D eigenvalue weighted by Gasteiger charge is -2.40. The maximum atomic E-state index is 12.2. The molecule has 0 bridgehead atoms. The number of aromatic nitrogens is 1. The third-order valence-electron chi connectivity index (χ3n) is 4.70. The Hall–Kier alpha value is -1.58. The summed E-state index contributed by atoms with van der Waals surface area (Å²) < 4.78 is 1.59. The first-order chi connectivity index (χ1) is 10.4. The zero-order valence-electron chi connectivity index (χ0n) is 14.0. The molecule has 1 saturated carbocycles. The van der Waals surface area contributed by atoms with Gasteiger partial charge in [-0.3, -0.25) is 9.59 Å². The Kier molecular flexibility index (Phi) is 5.43. The number of nitrogens with one attached hydrogen (secondary N) is 1. The van der Waals surface area contributed by atoms with Crippen LogP contribution in [0.3, 0.4) is 0 Å². The summed E-state index contributed by atoms with van der Waals surface area (Å²) in [6.45, 7) is 7.21. The van der Waals surface area contributed by atoms with Crippen LogP contribution in [0.25, 0.3) is 0 Å². The zero-order valence-corrected chi connectivity index (χ0v) is 14.0. The van der Waals surface area contributed by atoms with Crippen molar-refractivity contribution < 1.29 is 4.79 Å². The second kappa shape index (κ2) is 7.12. The summed E-state index contributed by atoms with van der Waals surface area (Å²) in [6, 6.07) is 5.33.